The third kappa shape index (κ3) is 3.98. The molecule has 1 saturated carbocycles. The Morgan fingerprint density at radius 3 is 2.00 bits per heavy atom. The Balaban J connectivity index is 2.16. The second kappa shape index (κ2) is 6.96. The topological polar surface area (TPSA) is 38.0 Å². The van der Waals surface area contributed by atoms with Crippen molar-refractivity contribution in [3.63, 3.8) is 0 Å². The Kier molecular flexibility index (Phi) is 5.28. The number of rotatable bonds is 3. The molecule has 1 fully saturated rings. The van der Waals surface area contributed by atoms with Gasteiger partial charge in [-0.2, -0.15) is 0 Å². The van der Waals surface area contributed by atoms with Crippen LogP contribution in [0, 0.1) is 17.6 Å². The number of benzene rings is 1. The molecular weight excluding hydrogens is 246 g/mol. The van der Waals surface area contributed by atoms with Gasteiger partial charge in [-0.05, 0) is 36.5 Å². The minimum atomic E-state index is -0.541. The second-order valence-electron chi connectivity index (χ2n) is 5.45. The van der Waals surface area contributed by atoms with Crippen LogP contribution < -0.4 is 11.3 Å². The van der Waals surface area contributed by atoms with Gasteiger partial charge in [0.2, 0.25) is 0 Å². The first-order chi connectivity index (χ1) is 9.20. The molecule has 1 atom stereocenters. The number of nitrogens with two attached hydrogens (primary N) is 1. The SMILES string of the molecule is NNC(c1cc(F)cc(F)c1)C1CCCCCCC1. The molecule has 0 heterocycles. The van der Waals surface area contributed by atoms with Crippen LogP contribution in [0.15, 0.2) is 18.2 Å². The molecule has 19 heavy (non-hydrogen) atoms. The molecule has 0 bridgehead atoms. The zero-order chi connectivity index (χ0) is 13.7. The van der Waals surface area contributed by atoms with Crippen LogP contribution in [0.2, 0.25) is 0 Å². The fourth-order valence-electron chi connectivity index (χ4n) is 3.08. The summed E-state index contributed by atoms with van der Waals surface area (Å²) < 4.78 is 26.7. The van der Waals surface area contributed by atoms with E-state index in [4.69, 9.17) is 5.84 Å². The minimum absolute atomic E-state index is 0.164. The summed E-state index contributed by atoms with van der Waals surface area (Å²) in [5.74, 6) is 4.90. The van der Waals surface area contributed by atoms with Gasteiger partial charge < -0.3 is 0 Å². The van der Waals surface area contributed by atoms with Crippen LogP contribution >= 0.6 is 0 Å². The summed E-state index contributed by atoms with van der Waals surface area (Å²) in [6.07, 6.45) is 8.24. The molecule has 0 aliphatic heterocycles. The number of nitrogens with one attached hydrogen (secondary N) is 1. The molecular formula is C15H22F2N2. The van der Waals surface area contributed by atoms with Crippen LogP contribution in [-0.4, -0.2) is 0 Å². The third-order valence-electron chi connectivity index (χ3n) is 4.04. The van der Waals surface area contributed by atoms with Crippen molar-refractivity contribution < 1.29 is 8.78 Å². The molecule has 3 N–H and O–H groups in total. The first-order valence-corrected chi connectivity index (χ1v) is 7.13. The maximum absolute atomic E-state index is 13.3. The molecule has 2 nitrogen and oxygen atoms in total. The van der Waals surface area contributed by atoms with Crippen molar-refractivity contribution in [1.82, 2.24) is 5.43 Å². The van der Waals surface area contributed by atoms with Gasteiger partial charge in [0.1, 0.15) is 11.6 Å². The van der Waals surface area contributed by atoms with Crippen molar-refractivity contribution in [2.45, 2.75) is 51.0 Å². The van der Waals surface area contributed by atoms with E-state index in [9.17, 15) is 8.78 Å². The van der Waals surface area contributed by atoms with E-state index in [1.165, 1.54) is 44.2 Å². The van der Waals surface area contributed by atoms with Gasteiger partial charge in [0.25, 0.3) is 0 Å². The van der Waals surface area contributed by atoms with Gasteiger partial charge in [-0.3, -0.25) is 11.3 Å². The van der Waals surface area contributed by atoms with Crippen molar-refractivity contribution >= 4 is 0 Å². The van der Waals surface area contributed by atoms with E-state index in [-0.39, 0.29) is 6.04 Å². The largest absolute Gasteiger partial charge is 0.271 e. The Bertz CT molecular complexity index is 381. The predicted molar refractivity (Wildman–Crippen MR) is 72.2 cm³/mol. The van der Waals surface area contributed by atoms with Gasteiger partial charge in [-0.25, -0.2) is 8.78 Å². The highest BCUT2D eigenvalue weighted by Crippen LogP contribution is 2.33. The normalized spacial score (nSPS) is 19.7. The molecule has 1 aromatic carbocycles. The van der Waals surface area contributed by atoms with Crippen molar-refractivity contribution in [2.75, 3.05) is 0 Å². The van der Waals surface area contributed by atoms with Crippen LogP contribution in [0.1, 0.15) is 56.6 Å². The van der Waals surface area contributed by atoms with Crippen LogP contribution in [0.3, 0.4) is 0 Å². The molecule has 1 unspecified atom stereocenters. The highest BCUT2D eigenvalue weighted by atomic mass is 19.1. The predicted octanol–water partition coefficient (Wildman–Crippen LogP) is 3.83. The summed E-state index contributed by atoms with van der Waals surface area (Å²) in [5, 5.41) is 0. The van der Waals surface area contributed by atoms with Crippen LogP contribution in [0.4, 0.5) is 8.78 Å². The summed E-state index contributed by atoms with van der Waals surface area (Å²) in [4.78, 5) is 0. The monoisotopic (exact) mass is 268 g/mol. The Hall–Kier alpha value is -1.00. The lowest BCUT2D eigenvalue weighted by molar-refractivity contribution is 0.289. The average molecular weight is 268 g/mol. The smallest absolute Gasteiger partial charge is 0.126 e. The minimum Gasteiger partial charge on any atom is -0.271 e. The molecule has 4 heteroatoms. The van der Waals surface area contributed by atoms with E-state index in [1.54, 1.807) is 0 Å². The van der Waals surface area contributed by atoms with Crippen molar-refractivity contribution in [3.8, 4) is 0 Å². The number of hydrazine groups is 1. The Morgan fingerprint density at radius 1 is 0.947 bits per heavy atom. The van der Waals surface area contributed by atoms with E-state index in [0.717, 1.165) is 18.9 Å². The summed E-state index contributed by atoms with van der Waals surface area (Å²) in [6, 6.07) is 3.50. The highest BCUT2D eigenvalue weighted by molar-refractivity contribution is 5.22. The molecule has 2 rings (SSSR count). The van der Waals surface area contributed by atoms with Crippen LogP contribution in [-0.2, 0) is 0 Å². The Labute approximate surface area is 113 Å². The van der Waals surface area contributed by atoms with E-state index >= 15 is 0 Å². The van der Waals surface area contributed by atoms with Gasteiger partial charge in [0.05, 0.1) is 0 Å². The maximum atomic E-state index is 13.3. The van der Waals surface area contributed by atoms with E-state index in [2.05, 4.69) is 5.43 Å². The zero-order valence-electron chi connectivity index (χ0n) is 11.2. The van der Waals surface area contributed by atoms with Crippen LogP contribution in [0.5, 0.6) is 0 Å². The van der Waals surface area contributed by atoms with E-state index in [0.29, 0.717) is 11.5 Å². The molecule has 1 aromatic rings. The van der Waals surface area contributed by atoms with Gasteiger partial charge >= 0.3 is 0 Å². The lowest BCUT2D eigenvalue weighted by Crippen LogP contribution is -2.34. The molecule has 0 amide bonds. The lowest BCUT2D eigenvalue weighted by Gasteiger charge is -2.28. The van der Waals surface area contributed by atoms with Crippen molar-refractivity contribution in [3.05, 3.63) is 35.4 Å². The highest BCUT2D eigenvalue weighted by Gasteiger charge is 2.23. The van der Waals surface area contributed by atoms with E-state index in [1.807, 2.05) is 0 Å². The van der Waals surface area contributed by atoms with Gasteiger partial charge in [0, 0.05) is 12.1 Å². The summed E-state index contributed by atoms with van der Waals surface area (Å²) in [6.45, 7) is 0. The van der Waals surface area contributed by atoms with Crippen LogP contribution in [0.25, 0.3) is 0 Å². The average Bonchev–Trinajstić information content (AvgIpc) is 2.31. The first kappa shape index (κ1) is 14.4. The molecule has 0 saturated heterocycles. The first-order valence-electron chi connectivity index (χ1n) is 7.13. The van der Waals surface area contributed by atoms with E-state index < -0.39 is 11.6 Å². The number of halogens is 2. The zero-order valence-corrected chi connectivity index (χ0v) is 11.2. The fourth-order valence-corrected chi connectivity index (χ4v) is 3.08. The number of hydrogen-bond acceptors (Lipinski definition) is 2. The standard InChI is InChI=1S/C15H22F2N2/c16-13-8-12(9-14(17)10-13)15(19-18)11-6-4-2-1-3-5-7-11/h8-11,15,19H,1-7,18H2. The fraction of sp³-hybridized carbons (Fsp3) is 0.600. The lowest BCUT2D eigenvalue weighted by atomic mass is 9.83. The van der Waals surface area contributed by atoms with Gasteiger partial charge in [-0.1, -0.05) is 32.1 Å². The molecule has 1 aliphatic carbocycles. The maximum Gasteiger partial charge on any atom is 0.126 e. The summed E-state index contributed by atoms with van der Waals surface area (Å²) in [5.41, 5.74) is 3.37. The quantitative estimate of drug-likeness (QED) is 0.646. The molecule has 0 radical (unpaired) electrons. The van der Waals surface area contributed by atoms with Crippen molar-refractivity contribution in [1.29, 1.82) is 0 Å². The molecule has 0 spiro atoms. The summed E-state index contributed by atoms with van der Waals surface area (Å²) >= 11 is 0. The third-order valence-corrected chi connectivity index (χ3v) is 4.04. The number of hydrogen-bond donors (Lipinski definition) is 2. The van der Waals surface area contributed by atoms with Crippen molar-refractivity contribution in [2.24, 2.45) is 11.8 Å². The van der Waals surface area contributed by atoms with Gasteiger partial charge in [0.15, 0.2) is 0 Å². The second-order valence-corrected chi connectivity index (χ2v) is 5.45. The molecule has 1 aliphatic rings. The van der Waals surface area contributed by atoms with Gasteiger partial charge in [-0.15, -0.1) is 0 Å². The summed E-state index contributed by atoms with van der Waals surface area (Å²) in [7, 11) is 0. The Morgan fingerprint density at radius 2 is 1.47 bits per heavy atom. The molecule has 0 aromatic heterocycles. The molecule has 106 valence electrons.